The maximum atomic E-state index is 5.32. The van der Waals surface area contributed by atoms with Crippen molar-refractivity contribution in [2.75, 3.05) is 0 Å². The molecule has 0 aliphatic heterocycles. The zero-order chi connectivity index (χ0) is 40.6. The van der Waals surface area contributed by atoms with Crippen LogP contribution in [0.25, 0.3) is 89.8 Å². The summed E-state index contributed by atoms with van der Waals surface area (Å²) in [7, 11) is 0. The van der Waals surface area contributed by atoms with Crippen molar-refractivity contribution < 1.29 is 0 Å². The van der Waals surface area contributed by atoms with Crippen LogP contribution in [-0.2, 0) is 10.8 Å². The fraction of sp³-hybridized carbons (Fsp3) is 0.105. The van der Waals surface area contributed by atoms with Crippen LogP contribution in [-0.4, -0.2) is 15.0 Å². The summed E-state index contributed by atoms with van der Waals surface area (Å²) in [5.41, 5.74) is 20.1. The standard InChI is InChI=1S/C57H43N3/c1-56(2)49-27-13-11-21-45(49)47-25-15-23-43(51(47)56)40-33-41(44-24-16-26-48-46-22-12-14-28-50(46)57(3,4)52(44)48)35-42(34-40)55-59-53(38-19-9-6-10-20-38)58-54(60-55)39-31-29-37(30-32-39)36-17-7-5-8-18-36/h5-35H,1-4H3. The summed E-state index contributed by atoms with van der Waals surface area (Å²) in [6, 6.07) is 67.6. The van der Waals surface area contributed by atoms with Crippen LogP contribution >= 0.6 is 0 Å². The molecule has 0 saturated heterocycles. The lowest BCUT2D eigenvalue weighted by atomic mass is 9.77. The van der Waals surface area contributed by atoms with E-state index in [1.165, 1.54) is 61.2 Å². The van der Waals surface area contributed by atoms with Gasteiger partial charge in [-0.05, 0) is 96.1 Å². The molecule has 0 atom stereocenters. The minimum Gasteiger partial charge on any atom is -0.208 e. The molecule has 8 aromatic carbocycles. The van der Waals surface area contributed by atoms with Gasteiger partial charge in [0, 0.05) is 27.5 Å². The minimum absolute atomic E-state index is 0.191. The molecule has 1 heterocycles. The molecular formula is C57H43N3. The molecule has 286 valence electrons. The number of fused-ring (bicyclic) bond motifs is 6. The van der Waals surface area contributed by atoms with Crippen LogP contribution in [0.1, 0.15) is 49.9 Å². The Hall–Kier alpha value is -7.23. The van der Waals surface area contributed by atoms with Crippen LogP contribution in [0.2, 0.25) is 0 Å². The van der Waals surface area contributed by atoms with Crippen LogP contribution in [0.15, 0.2) is 188 Å². The molecule has 1 aromatic heterocycles. The summed E-state index contributed by atoms with van der Waals surface area (Å²) in [6.07, 6.45) is 0. The van der Waals surface area contributed by atoms with Gasteiger partial charge in [-0.25, -0.2) is 15.0 Å². The SMILES string of the molecule is CC1(C)c2ccccc2-c2cccc(-c3cc(-c4nc(-c5ccccc5)nc(-c5ccc(-c6ccccc6)cc5)n4)cc(-c4cccc5c4C(C)(C)c4ccccc4-5)c3)c21. The van der Waals surface area contributed by atoms with Gasteiger partial charge < -0.3 is 0 Å². The summed E-state index contributed by atoms with van der Waals surface area (Å²) in [5.74, 6) is 1.92. The number of aromatic nitrogens is 3. The van der Waals surface area contributed by atoms with Gasteiger partial charge in [-0.3, -0.25) is 0 Å². The normalized spacial score (nSPS) is 13.9. The van der Waals surface area contributed by atoms with E-state index >= 15 is 0 Å². The molecule has 0 bridgehead atoms. The van der Waals surface area contributed by atoms with E-state index in [-0.39, 0.29) is 10.8 Å². The van der Waals surface area contributed by atoms with Gasteiger partial charge in [-0.1, -0.05) is 198 Å². The van der Waals surface area contributed by atoms with Crippen LogP contribution in [0.4, 0.5) is 0 Å². The van der Waals surface area contributed by atoms with Crippen LogP contribution < -0.4 is 0 Å². The highest BCUT2D eigenvalue weighted by Crippen LogP contribution is 2.54. The average molecular weight is 770 g/mol. The molecule has 60 heavy (non-hydrogen) atoms. The van der Waals surface area contributed by atoms with E-state index in [1.807, 2.05) is 24.3 Å². The van der Waals surface area contributed by atoms with Crippen molar-refractivity contribution in [1.29, 1.82) is 0 Å². The van der Waals surface area contributed by atoms with E-state index in [2.05, 4.69) is 191 Å². The number of hydrogen-bond acceptors (Lipinski definition) is 3. The fourth-order valence-electron chi connectivity index (χ4n) is 10.0. The smallest absolute Gasteiger partial charge is 0.164 e. The Kier molecular flexibility index (Phi) is 8.18. The maximum Gasteiger partial charge on any atom is 0.164 e. The third-order valence-electron chi connectivity index (χ3n) is 12.9. The van der Waals surface area contributed by atoms with Gasteiger partial charge in [-0.2, -0.15) is 0 Å². The molecule has 0 radical (unpaired) electrons. The van der Waals surface area contributed by atoms with Gasteiger partial charge in [0.05, 0.1) is 0 Å². The van der Waals surface area contributed by atoms with Crippen molar-refractivity contribution in [2.45, 2.75) is 38.5 Å². The predicted molar refractivity (Wildman–Crippen MR) is 248 cm³/mol. The van der Waals surface area contributed by atoms with Crippen molar-refractivity contribution in [2.24, 2.45) is 0 Å². The highest BCUT2D eigenvalue weighted by Gasteiger charge is 2.39. The Bertz CT molecular complexity index is 3000. The van der Waals surface area contributed by atoms with E-state index in [9.17, 15) is 0 Å². The quantitative estimate of drug-likeness (QED) is 0.169. The topological polar surface area (TPSA) is 38.7 Å². The monoisotopic (exact) mass is 769 g/mol. The van der Waals surface area contributed by atoms with Gasteiger partial charge in [0.2, 0.25) is 0 Å². The van der Waals surface area contributed by atoms with Crippen molar-refractivity contribution in [3.05, 3.63) is 210 Å². The van der Waals surface area contributed by atoms with Gasteiger partial charge in [-0.15, -0.1) is 0 Å². The van der Waals surface area contributed by atoms with Crippen molar-refractivity contribution >= 4 is 0 Å². The predicted octanol–water partition coefficient (Wildman–Crippen LogP) is 14.5. The third kappa shape index (κ3) is 5.68. The molecular weight excluding hydrogens is 727 g/mol. The lowest BCUT2D eigenvalue weighted by Crippen LogP contribution is -2.16. The second kappa shape index (κ2) is 13.7. The molecule has 2 aliphatic rings. The van der Waals surface area contributed by atoms with Gasteiger partial charge in [0.15, 0.2) is 17.5 Å². The lowest BCUT2D eigenvalue weighted by molar-refractivity contribution is 0.662. The summed E-state index contributed by atoms with van der Waals surface area (Å²) in [6.45, 7) is 9.46. The largest absolute Gasteiger partial charge is 0.208 e. The fourth-order valence-corrected chi connectivity index (χ4v) is 10.0. The highest BCUT2D eigenvalue weighted by molar-refractivity contribution is 5.93. The molecule has 0 N–H and O–H groups in total. The van der Waals surface area contributed by atoms with E-state index in [1.54, 1.807) is 0 Å². The van der Waals surface area contributed by atoms with Crippen molar-refractivity contribution in [3.63, 3.8) is 0 Å². The zero-order valence-electron chi connectivity index (χ0n) is 34.2. The summed E-state index contributed by atoms with van der Waals surface area (Å²) >= 11 is 0. The first-order valence-electron chi connectivity index (χ1n) is 20.9. The molecule has 0 saturated carbocycles. The van der Waals surface area contributed by atoms with E-state index in [0.717, 1.165) is 33.4 Å². The first-order chi connectivity index (χ1) is 29.3. The molecule has 0 unspecified atom stereocenters. The Morgan fingerprint density at radius 3 is 1.10 bits per heavy atom. The molecule has 0 spiro atoms. The Morgan fingerprint density at radius 1 is 0.267 bits per heavy atom. The minimum atomic E-state index is -0.191. The van der Waals surface area contributed by atoms with Crippen molar-refractivity contribution in [1.82, 2.24) is 15.0 Å². The van der Waals surface area contributed by atoms with Gasteiger partial charge >= 0.3 is 0 Å². The van der Waals surface area contributed by atoms with E-state index < -0.39 is 0 Å². The molecule has 3 heteroatoms. The molecule has 2 aliphatic carbocycles. The molecule has 3 nitrogen and oxygen atoms in total. The van der Waals surface area contributed by atoms with Gasteiger partial charge in [0.25, 0.3) is 0 Å². The first-order valence-corrected chi connectivity index (χ1v) is 20.9. The molecule has 0 amide bonds. The third-order valence-corrected chi connectivity index (χ3v) is 12.9. The maximum absolute atomic E-state index is 5.32. The summed E-state index contributed by atoms with van der Waals surface area (Å²) in [4.78, 5) is 15.7. The highest BCUT2D eigenvalue weighted by atomic mass is 15.0. The summed E-state index contributed by atoms with van der Waals surface area (Å²) in [5, 5.41) is 0. The number of rotatable bonds is 6. The number of benzene rings is 8. The summed E-state index contributed by atoms with van der Waals surface area (Å²) < 4.78 is 0. The molecule has 11 rings (SSSR count). The van der Waals surface area contributed by atoms with Crippen molar-refractivity contribution in [3.8, 4) is 89.8 Å². The van der Waals surface area contributed by atoms with E-state index in [0.29, 0.717) is 17.5 Å². The zero-order valence-corrected chi connectivity index (χ0v) is 34.2. The molecule has 0 fully saturated rings. The lowest BCUT2D eigenvalue weighted by Gasteiger charge is -2.26. The average Bonchev–Trinajstić information content (AvgIpc) is 3.69. The Morgan fingerprint density at radius 2 is 0.600 bits per heavy atom. The number of nitrogens with zero attached hydrogens (tertiary/aromatic N) is 3. The second-order valence-corrected chi connectivity index (χ2v) is 17.2. The van der Waals surface area contributed by atoms with Gasteiger partial charge in [0.1, 0.15) is 0 Å². The second-order valence-electron chi connectivity index (χ2n) is 17.2. The first kappa shape index (κ1) is 35.9. The van der Waals surface area contributed by atoms with Crippen LogP contribution in [0, 0.1) is 0 Å². The van der Waals surface area contributed by atoms with Crippen LogP contribution in [0.5, 0.6) is 0 Å². The van der Waals surface area contributed by atoms with E-state index in [4.69, 9.17) is 15.0 Å². The van der Waals surface area contributed by atoms with Crippen LogP contribution in [0.3, 0.4) is 0 Å². The Labute approximate surface area is 352 Å². The Balaban J connectivity index is 1.15. The number of hydrogen-bond donors (Lipinski definition) is 0. The molecule has 9 aromatic rings.